The summed E-state index contributed by atoms with van der Waals surface area (Å²) in [5, 5.41) is 0. The number of carbonyl (C=O) groups excluding carboxylic acids is 1. The summed E-state index contributed by atoms with van der Waals surface area (Å²) in [6.45, 7) is 5.81. The van der Waals surface area contributed by atoms with Gasteiger partial charge in [-0.2, -0.15) is 0 Å². The molecule has 0 fully saturated rings. The highest BCUT2D eigenvalue weighted by molar-refractivity contribution is 5.66. The summed E-state index contributed by atoms with van der Waals surface area (Å²) in [5.41, 5.74) is 3.47. The van der Waals surface area contributed by atoms with E-state index in [-0.39, 0.29) is 0 Å². The molecule has 0 aliphatic rings. The molecule has 0 aromatic carbocycles. The number of allylic oxidation sites excluding steroid dienone is 1. The number of aldehydes is 1. The summed E-state index contributed by atoms with van der Waals surface area (Å²) in [7, 11) is 2.01. The number of hydrogen-bond acceptors (Lipinski definition) is 1. The summed E-state index contributed by atoms with van der Waals surface area (Å²) < 4.78 is 2.07. The van der Waals surface area contributed by atoms with Crippen LogP contribution in [-0.2, 0) is 18.3 Å². The summed E-state index contributed by atoms with van der Waals surface area (Å²) in [5.74, 6) is 0. The quantitative estimate of drug-likeness (QED) is 0.674. The number of aromatic nitrogens is 1. The van der Waals surface area contributed by atoms with Crippen LogP contribution in [0.25, 0.3) is 12.2 Å². The van der Waals surface area contributed by atoms with Crippen molar-refractivity contribution < 1.29 is 4.79 Å². The highest BCUT2D eigenvalue weighted by Gasteiger charge is 2.08. The predicted molar refractivity (Wildman–Crippen MR) is 64.6 cm³/mol. The Bertz CT molecular complexity index is 385. The first kappa shape index (κ1) is 11.5. The van der Waals surface area contributed by atoms with Gasteiger partial charge in [0.05, 0.1) is 0 Å². The van der Waals surface area contributed by atoms with E-state index in [2.05, 4.69) is 23.4 Å². The maximum atomic E-state index is 10.3. The lowest BCUT2D eigenvalue weighted by Crippen LogP contribution is -1.88. The molecule has 0 saturated carbocycles. The highest BCUT2D eigenvalue weighted by atomic mass is 16.1. The molecule has 0 saturated heterocycles. The van der Waals surface area contributed by atoms with Crippen LogP contribution in [-0.4, -0.2) is 10.9 Å². The number of nitrogens with zero attached hydrogens (tertiary/aromatic N) is 1. The molecule has 1 aromatic rings. The minimum atomic E-state index is 0.570. The summed E-state index contributed by atoms with van der Waals surface area (Å²) >= 11 is 0. The van der Waals surface area contributed by atoms with Crippen molar-refractivity contribution in [2.24, 2.45) is 7.05 Å². The van der Waals surface area contributed by atoms with E-state index < -0.39 is 0 Å². The van der Waals surface area contributed by atoms with Crippen LogP contribution in [0, 0.1) is 0 Å². The van der Waals surface area contributed by atoms with Crippen LogP contribution < -0.4 is 0 Å². The molecule has 15 heavy (non-hydrogen) atoms. The van der Waals surface area contributed by atoms with Crippen LogP contribution in [0.15, 0.2) is 18.9 Å². The largest absolute Gasteiger partial charge is 0.350 e. The second kappa shape index (κ2) is 5.35. The minimum Gasteiger partial charge on any atom is -0.350 e. The first-order valence-corrected chi connectivity index (χ1v) is 5.11. The molecular formula is C13H17NO. The third-order valence-corrected chi connectivity index (χ3v) is 2.41. The van der Waals surface area contributed by atoms with Gasteiger partial charge in [-0.15, -0.1) is 0 Å². The molecule has 0 unspecified atom stereocenters. The third kappa shape index (κ3) is 2.46. The van der Waals surface area contributed by atoms with Gasteiger partial charge in [0.25, 0.3) is 0 Å². The normalized spacial score (nSPS) is 10.8. The molecule has 0 spiro atoms. The summed E-state index contributed by atoms with van der Waals surface area (Å²) in [6.07, 6.45) is 10.3. The molecule has 1 heterocycles. The fourth-order valence-electron chi connectivity index (χ4n) is 1.74. The fourth-order valence-corrected chi connectivity index (χ4v) is 1.74. The van der Waals surface area contributed by atoms with Gasteiger partial charge in [0, 0.05) is 30.9 Å². The van der Waals surface area contributed by atoms with Gasteiger partial charge in [0.1, 0.15) is 6.29 Å². The number of hydrogen-bond donors (Lipinski definition) is 0. The summed E-state index contributed by atoms with van der Waals surface area (Å²) in [6, 6.07) is 0. The van der Waals surface area contributed by atoms with Gasteiger partial charge in [0.2, 0.25) is 0 Å². The van der Waals surface area contributed by atoms with Crippen molar-refractivity contribution >= 4 is 18.4 Å². The predicted octanol–water partition coefficient (Wildman–Crippen LogP) is 2.83. The number of carbonyl (C=O) groups is 1. The van der Waals surface area contributed by atoms with E-state index in [1.54, 1.807) is 0 Å². The van der Waals surface area contributed by atoms with E-state index in [1.165, 1.54) is 5.56 Å². The van der Waals surface area contributed by atoms with Crippen LogP contribution in [0.2, 0.25) is 0 Å². The molecule has 80 valence electrons. The van der Waals surface area contributed by atoms with Crippen molar-refractivity contribution in [2.45, 2.75) is 19.8 Å². The van der Waals surface area contributed by atoms with E-state index in [0.29, 0.717) is 6.42 Å². The van der Waals surface area contributed by atoms with Gasteiger partial charge >= 0.3 is 0 Å². The zero-order valence-corrected chi connectivity index (χ0v) is 9.36. The zero-order chi connectivity index (χ0) is 11.3. The molecule has 1 aromatic heterocycles. The topological polar surface area (TPSA) is 22.0 Å². The van der Waals surface area contributed by atoms with E-state index in [9.17, 15) is 4.79 Å². The first-order valence-electron chi connectivity index (χ1n) is 5.11. The molecule has 0 amide bonds. The lowest BCUT2D eigenvalue weighted by atomic mass is 10.1. The lowest BCUT2D eigenvalue weighted by Gasteiger charge is -1.98. The third-order valence-electron chi connectivity index (χ3n) is 2.41. The SMILES string of the molecule is C=Cc1c(CCC=O)cn(C)c1/C=C\C. The fraction of sp³-hybridized carbons (Fsp3) is 0.308. The van der Waals surface area contributed by atoms with Gasteiger partial charge in [-0.3, -0.25) is 0 Å². The van der Waals surface area contributed by atoms with Crippen LogP contribution in [0.5, 0.6) is 0 Å². The van der Waals surface area contributed by atoms with Crippen molar-refractivity contribution in [3.05, 3.63) is 35.7 Å². The Morgan fingerprint density at radius 2 is 2.27 bits per heavy atom. The Labute approximate surface area is 90.9 Å². The second-order valence-electron chi connectivity index (χ2n) is 3.47. The molecule has 0 radical (unpaired) electrons. The minimum absolute atomic E-state index is 0.570. The van der Waals surface area contributed by atoms with Crippen molar-refractivity contribution in [3.63, 3.8) is 0 Å². The molecule has 2 heteroatoms. The van der Waals surface area contributed by atoms with E-state index in [0.717, 1.165) is 24.0 Å². The van der Waals surface area contributed by atoms with Crippen LogP contribution in [0.1, 0.15) is 30.2 Å². The molecule has 0 aliphatic carbocycles. The van der Waals surface area contributed by atoms with E-state index in [4.69, 9.17) is 0 Å². The van der Waals surface area contributed by atoms with E-state index >= 15 is 0 Å². The molecule has 0 atom stereocenters. The van der Waals surface area contributed by atoms with Crippen molar-refractivity contribution in [1.29, 1.82) is 0 Å². The Hall–Kier alpha value is -1.57. The number of rotatable bonds is 5. The molecule has 2 nitrogen and oxygen atoms in total. The van der Waals surface area contributed by atoms with Crippen molar-refractivity contribution in [3.8, 4) is 0 Å². The van der Waals surface area contributed by atoms with Crippen LogP contribution >= 0.6 is 0 Å². The average molecular weight is 203 g/mol. The maximum Gasteiger partial charge on any atom is 0.120 e. The molecule has 0 bridgehead atoms. The van der Waals surface area contributed by atoms with Crippen molar-refractivity contribution in [2.75, 3.05) is 0 Å². The Kier molecular flexibility index (Phi) is 4.10. The molecule has 0 aliphatic heterocycles. The molecular weight excluding hydrogens is 186 g/mol. The Morgan fingerprint density at radius 1 is 1.53 bits per heavy atom. The van der Waals surface area contributed by atoms with Gasteiger partial charge < -0.3 is 9.36 Å². The molecule has 1 rings (SSSR count). The van der Waals surface area contributed by atoms with Gasteiger partial charge in [-0.1, -0.05) is 18.7 Å². The molecule has 0 N–H and O–H groups in total. The maximum absolute atomic E-state index is 10.3. The summed E-state index contributed by atoms with van der Waals surface area (Å²) in [4.78, 5) is 10.3. The van der Waals surface area contributed by atoms with Gasteiger partial charge in [-0.05, 0) is 25.0 Å². The number of aryl methyl sites for hydroxylation is 2. The second-order valence-corrected chi connectivity index (χ2v) is 3.47. The van der Waals surface area contributed by atoms with Crippen molar-refractivity contribution in [1.82, 2.24) is 4.57 Å². The van der Waals surface area contributed by atoms with E-state index in [1.807, 2.05) is 26.1 Å². The average Bonchev–Trinajstić information content (AvgIpc) is 2.53. The zero-order valence-electron chi connectivity index (χ0n) is 9.36. The standard InChI is InChI=1S/C13H17NO/c1-4-7-13-12(5-2)11(8-6-9-15)10-14(13)3/h4-5,7,9-10H,2,6,8H2,1,3H3/b7-4-. The highest BCUT2D eigenvalue weighted by Crippen LogP contribution is 2.20. The van der Waals surface area contributed by atoms with Gasteiger partial charge in [-0.25, -0.2) is 0 Å². The van der Waals surface area contributed by atoms with Gasteiger partial charge in [0.15, 0.2) is 0 Å². The van der Waals surface area contributed by atoms with Crippen LogP contribution in [0.4, 0.5) is 0 Å². The lowest BCUT2D eigenvalue weighted by molar-refractivity contribution is -0.107. The smallest absolute Gasteiger partial charge is 0.120 e. The monoisotopic (exact) mass is 203 g/mol. The Balaban J connectivity index is 3.11. The first-order chi connectivity index (χ1) is 7.24. The van der Waals surface area contributed by atoms with Crippen LogP contribution in [0.3, 0.4) is 0 Å². The Morgan fingerprint density at radius 3 is 2.80 bits per heavy atom.